The molecule has 1 aliphatic rings. The molecule has 0 aliphatic carbocycles. The van der Waals surface area contributed by atoms with Crippen LogP contribution < -0.4 is 5.32 Å². The Bertz CT molecular complexity index is 318. The van der Waals surface area contributed by atoms with Crippen molar-refractivity contribution in [3.05, 3.63) is 29.8 Å². The SMILES string of the molecule is CC(Cc1ccccc1O)C1CCCN1. The van der Waals surface area contributed by atoms with Gasteiger partial charge in [0.15, 0.2) is 0 Å². The molecule has 2 nitrogen and oxygen atoms in total. The molecule has 2 rings (SSSR count). The van der Waals surface area contributed by atoms with E-state index in [4.69, 9.17) is 0 Å². The van der Waals surface area contributed by atoms with E-state index in [0.717, 1.165) is 18.5 Å². The minimum atomic E-state index is 0.433. The molecule has 0 amide bonds. The van der Waals surface area contributed by atoms with Crippen LogP contribution in [0, 0.1) is 5.92 Å². The topological polar surface area (TPSA) is 32.3 Å². The maximum Gasteiger partial charge on any atom is 0.118 e. The molecule has 2 atom stereocenters. The fourth-order valence-electron chi connectivity index (χ4n) is 2.37. The maximum absolute atomic E-state index is 9.68. The summed E-state index contributed by atoms with van der Waals surface area (Å²) in [6, 6.07) is 8.27. The van der Waals surface area contributed by atoms with E-state index in [1.807, 2.05) is 18.2 Å². The van der Waals surface area contributed by atoms with Gasteiger partial charge in [-0.25, -0.2) is 0 Å². The van der Waals surface area contributed by atoms with E-state index < -0.39 is 0 Å². The molecule has 0 radical (unpaired) electrons. The van der Waals surface area contributed by atoms with Crippen LogP contribution in [-0.2, 0) is 6.42 Å². The van der Waals surface area contributed by atoms with Crippen molar-refractivity contribution in [3.8, 4) is 5.75 Å². The molecule has 0 bridgehead atoms. The number of hydrogen-bond donors (Lipinski definition) is 2. The Kier molecular flexibility index (Phi) is 3.27. The van der Waals surface area contributed by atoms with Gasteiger partial charge in [0.2, 0.25) is 0 Å². The van der Waals surface area contributed by atoms with Gasteiger partial charge >= 0.3 is 0 Å². The molecule has 2 heteroatoms. The van der Waals surface area contributed by atoms with Crippen molar-refractivity contribution in [1.82, 2.24) is 5.32 Å². The second-order valence-electron chi connectivity index (χ2n) is 4.51. The number of nitrogens with one attached hydrogen (secondary N) is 1. The molecule has 1 aromatic carbocycles. The van der Waals surface area contributed by atoms with Crippen LogP contribution in [0.1, 0.15) is 25.3 Å². The van der Waals surface area contributed by atoms with E-state index in [1.165, 1.54) is 12.8 Å². The Morgan fingerprint density at radius 2 is 2.27 bits per heavy atom. The van der Waals surface area contributed by atoms with E-state index in [-0.39, 0.29) is 0 Å². The Labute approximate surface area is 91.3 Å². The van der Waals surface area contributed by atoms with Gasteiger partial charge < -0.3 is 10.4 Å². The second-order valence-corrected chi connectivity index (χ2v) is 4.51. The lowest BCUT2D eigenvalue weighted by atomic mass is 9.92. The van der Waals surface area contributed by atoms with Crippen LogP contribution in [0.2, 0.25) is 0 Å². The lowest BCUT2D eigenvalue weighted by molar-refractivity contribution is 0.405. The minimum Gasteiger partial charge on any atom is -0.508 e. The molecular formula is C13H19NO. The van der Waals surface area contributed by atoms with Crippen molar-refractivity contribution in [2.24, 2.45) is 5.92 Å². The van der Waals surface area contributed by atoms with E-state index in [1.54, 1.807) is 6.07 Å². The Morgan fingerprint density at radius 3 is 2.93 bits per heavy atom. The maximum atomic E-state index is 9.68. The molecule has 82 valence electrons. The van der Waals surface area contributed by atoms with E-state index in [9.17, 15) is 5.11 Å². The number of aromatic hydroxyl groups is 1. The van der Waals surface area contributed by atoms with Gasteiger partial charge in [-0.05, 0) is 43.4 Å². The number of hydrogen-bond acceptors (Lipinski definition) is 2. The standard InChI is InChI=1S/C13H19NO/c1-10(12-6-4-8-14-12)9-11-5-2-3-7-13(11)15/h2-3,5,7,10,12,14-15H,4,6,8-9H2,1H3. The monoisotopic (exact) mass is 205 g/mol. The van der Waals surface area contributed by atoms with Crippen LogP contribution in [-0.4, -0.2) is 17.7 Å². The highest BCUT2D eigenvalue weighted by Crippen LogP contribution is 2.23. The summed E-state index contributed by atoms with van der Waals surface area (Å²) in [5.41, 5.74) is 1.07. The quantitative estimate of drug-likeness (QED) is 0.793. The smallest absolute Gasteiger partial charge is 0.118 e. The average Bonchev–Trinajstić information content (AvgIpc) is 2.74. The first-order valence-corrected chi connectivity index (χ1v) is 5.77. The molecule has 15 heavy (non-hydrogen) atoms. The summed E-state index contributed by atoms with van der Waals surface area (Å²) in [7, 11) is 0. The predicted octanol–water partition coefficient (Wildman–Crippen LogP) is 2.32. The summed E-state index contributed by atoms with van der Waals surface area (Å²) in [5.74, 6) is 1.03. The molecule has 1 heterocycles. The van der Waals surface area contributed by atoms with Gasteiger partial charge in [0.1, 0.15) is 5.75 Å². The van der Waals surface area contributed by atoms with Crippen molar-refractivity contribution in [2.45, 2.75) is 32.2 Å². The number of phenolic OH excluding ortho intramolecular Hbond substituents is 1. The third-order valence-electron chi connectivity index (χ3n) is 3.32. The highest BCUT2D eigenvalue weighted by Gasteiger charge is 2.21. The summed E-state index contributed by atoms with van der Waals surface area (Å²) in [6.07, 6.45) is 3.52. The predicted molar refractivity (Wildman–Crippen MR) is 62.0 cm³/mol. The van der Waals surface area contributed by atoms with Crippen LogP contribution in [0.25, 0.3) is 0 Å². The average molecular weight is 205 g/mol. The first-order valence-electron chi connectivity index (χ1n) is 5.77. The van der Waals surface area contributed by atoms with Crippen LogP contribution in [0.4, 0.5) is 0 Å². The molecule has 2 unspecified atom stereocenters. The summed E-state index contributed by atoms with van der Waals surface area (Å²) in [4.78, 5) is 0. The van der Waals surface area contributed by atoms with Crippen molar-refractivity contribution in [2.75, 3.05) is 6.54 Å². The lowest BCUT2D eigenvalue weighted by Crippen LogP contribution is -2.29. The van der Waals surface area contributed by atoms with Crippen molar-refractivity contribution in [1.29, 1.82) is 0 Å². The Hall–Kier alpha value is -1.02. The molecule has 1 aromatic rings. The summed E-state index contributed by atoms with van der Waals surface area (Å²) in [5, 5.41) is 13.2. The van der Waals surface area contributed by atoms with Crippen LogP contribution in [0.5, 0.6) is 5.75 Å². The minimum absolute atomic E-state index is 0.433. The van der Waals surface area contributed by atoms with Gasteiger partial charge in [0, 0.05) is 6.04 Å². The normalized spacial score (nSPS) is 22.9. The van der Waals surface area contributed by atoms with Crippen LogP contribution >= 0.6 is 0 Å². The fraction of sp³-hybridized carbons (Fsp3) is 0.538. The van der Waals surface area contributed by atoms with Crippen molar-refractivity contribution in [3.63, 3.8) is 0 Å². The van der Waals surface area contributed by atoms with Gasteiger partial charge in [0.05, 0.1) is 0 Å². The van der Waals surface area contributed by atoms with Gasteiger partial charge in [-0.2, -0.15) is 0 Å². The van der Waals surface area contributed by atoms with E-state index in [0.29, 0.717) is 17.7 Å². The zero-order valence-electron chi connectivity index (χ0n) is 9.24. The van der Waals surface area contributed by atoms with Crippen LogP contribution in [0.3, 0.4) is 0 Å². The summed E-state index contributed by atoms with van der Waals surface area (Å²) < 4.78 is 0. The second kappa shape index (κ2) is 4.67. The van der Waals surface area contributed by atoms with E-state index in [2.05, 4.69) is 12.2 Å². The lowest BCUT2D eigenvalue weighted by Gasteiger charge is -2.19. The number of para-hydroxylation sites is 1. The number of rotatable bonds is 3. The number of phenols is 1. The molecule has 0 aromatic heterocycles. The van der Waals surface area contributed by atoms with E-state index >= 15 is 0 Å². The summed E-state index contributed by atoms with van der Waals surface area (Å²) in [6.45, 7) is 3.41. The summed E-state index contributed by atoms with van der Waals surface area (Å²) >= 11 is 0. The molecule has 2 N–H and O–H groups in total. The van der Waals surface area contributed by atoms with Gasteiger partial charge in [-0.3, -0.25) is 0 Å². The van der Waals surface area contributed by atoms with Crippen molar-refractivity contribution < 1.29 is 5.11 Å². The zero-order chi connectivity index (χ0) is 10.7. The third-order valence-corrected chi connectivity index (χ3v) is 3.32. The molecule has 0 spiro atoms. The third kappa shape index (κ3) is 2.51. The van der Waals surface area contributed by atoms with Crippen molar-refractivity contribution >= 4 is 0 Å². The zero-order valence-corrected chi connectivity index (χ0v) is 9.24. The first-order chi connectivity index (χ1) is 7.27. The molecule has 1 fully saturated rings. The largest absolute Gasteiger partial charge is 0.508 e. The van der Waals surface area contributed by atoms with Crippen LogP contribution in [0.15, 0.2) is 24.3 Å². The number of benzene rings is 1. The molecule has 1 aliphatic heterocycles. The first kappa shape index (κ1) is 10.5. The van der Waals surface area contributed by atoms with Gasteiger partial charge in [-0.15, -0.1) is 0 Å². The molecule has 1 saturated heterocycles. The molecule has 0 saturated carbocycles. The fourth-order valence-corrected chi connectivity index (χ4v) is 2.37. The highest BCUT2D eigenvalue weighted by atomic mass is 16.3. The highest BCUT2D eigenvalue weighted by molar-refractivity contribution is 5.32. The Balaban J connectivity index is 1.99. The molecular weight excluding hydrogens is 186 g/mol. The Morgan fingerprint density at radius 1 is 1.47 bits per heavy atom. The van der Waals surface area contributed by atoms with Gasteiger partial charge in [0.25, 0.3) is 0 Å². The van der Waals surface area contributed by atoms with Gasteiger partial charge in [-0.1, -0.05) is 25.1 Å².